The summed E-state index contributed by atoms with van der Waals surface area (Å²) in [5.41, 5.74) is 9.91. The molecule has 0 bridgehead atoms. The summed E-state index contributed by atoms with van der Waals surface area (Å²) in [6.45, 7) is 8.79. The number of para-hydroxylation sites is 1. The molecule has 0 aliphatic heterocycles. The number of benzene rings is 3. The van der Waals surface area contributed by atoms with Gasteiger partial charge in [-0.3, -0.25) is 0 Å². The summed E-state index contributed by atoms with van der Waals surface area (Å²) >= 11 is 0. The molecule has 0 saturated heterocycles. The maximum atomic E-state index is 6.46. The van der Waals surface area contributed by atoms with Crippen LogP contribution in [-0.2, 0) is 26.5 Å². The van der Waals surface area contributed by atoms with E-state index in [-0.39, 0.29) is 20.1 Å². The predicted octanol–water partition coefficient (Wildman–Crippen LogP) is 7.93. The van der Waals surface area contributed by atoms with Crippen LogP contribution in [0.5, 0.6) is 0 Å². The number of furan rings is 1. The Balaban J connectivity index is 0.00000245. The van der Waals surface area contributed by atoms with Crippen LogP contribution in [0.3, 0.4) is 0 Å². The average Bonchev–Trinajstić information content (AvgIpc) is 3.12. The summed E-state index contributed by atoms with van der Waals surface area (Å²) in [7, 11) is 0. The van der Waals surface area contributed by atoms with E-state index in [2.05, 4.69) is 93.3 Å². The van der Waals surface area contributed by atoms with Crippen molar-refractivity contribution in [3.8, 4) is 22.4 Å². The Hall–Kier alpha value is -2.74. The van der Waals surface area contributed by atoms with Crippen LogP contribution >= 0.6 is 0 Å². The van der Waals surface area contributed by atoms with Crippen LogP contribution in [0.25, 0.3) is 44.3 Å². The molecule has 0 amide bonds. The Morgan fingerprint density at radius 3 is 2.44 bits per heavy atom. The van der Waals surface area contributed by atoms with E-state index in [9.17, 15) is 0 Å². The molecule has 163 valence electrons. The largest absolute Gasteiger partial charge is 0.476 e. The molecule has 2 heterocycles. The summed E-state index contributed by atoms with van der Waals surface area (Å²) in [5.74, 6) is 0.611. The maximum Gasteiger partial charge on any atom is 0.131 e. The molecule has 0 spiro atoms. The number of fused-ring (bicyclic) bond motifs is 3. The molecule has 0 aliphatic rings. The molecule has 0 aliphatic carbocycles. The van der Waals surface area contributed by atoms with Gasteiger partial charge >= 0.3 is 0 Å². The van der Waals surface area contributed by atoms with E-state index in [0.29, 0.717) is 5.92 Å². The molecule has 0 unspecified atom stereocenters. The van der Waals surface area contributed by atoms with Gasteiger partial charge in [0, 0.05) is 31.9 Å². The van der Waals surface area contributed by atoms with Crippen molar-refractivity contribution in [3.05, 3.63) is 89.6 Å². The first-order valence-electron chi connectivity index (χ1n) is 10.9. The van der Waals surface area contributed by atoms with E-state index in [1.807, 2.05) is 12.3 Å². The normalized spacial score (nSPS) is 11.3. The van der Waals surface area contributed by atoms with Crippen molar-refractivity contribution in [2.45, 2.75) is 34.1 Å². The zero-order valence-electron chi connectivity index (χ0n) is 18.8. The van der Waals surface area contributed by atoms with Crippen LogP contribution in [0, 0.1) is 25.8 Å². The third-order valence-electron chi connectivity index (χ3n) is 5.92. The van der Waals surface area contributed by atoms with E-state index in [1.54, 1.807) is 0 Å². The Labute approximate surface area is 203 Å². The third-order valence-corrected chi connectivity index (χ3v) is 5.92. The van der Waals surface area contributed by atoms with Gasteiger partial charge in [0.25, 0.3) is 0 Å². The monoisotopic (exact) mass is 597 g/mol. The minimum absolute atomic E-state index is 0. The van der Waals surface area contributed by atoms with E-state index in [4.69, 9.17) is 4.42 Å². The van der Waals surface area contributed by atoms with Crippen molar-refractivity contribution in [1.82, 2.24) is 4.98 Å². The van der Waals surface area contributed by atoms with Crippen molar-refractivity contribution in [1.29, 1.82) is 0 Å². The summed E-state index contributed by atoms with van der Waals surface area (Å²) in [6.07, 6.45) is 2.93. The second-order valence-corrected chi connectivity index (χ2v) is 8.82. The van der Waals surface area contributed by atoms with Crippen molar-refractivity contribution in [2.24, 2.45) is 5.92 Å². The quantitative estimate of drug-likeness (QED) is 0.197. The number of aryl methyl sites for hydroxylation is 2. The van der Waals surface area contributed by atoms with E-state index in [0.717, 1.165) is 45.2 Å². The molecule has 2 aromatic heterocycles. The van der Waals surface area contributed by atoms with Crippen LogP contribution in [0.15, 0.2) is 71.3 Å². The Kier molecular flexibility index (Phi) is 6.33. The summed E-state index contributed by atoms with van der Waals surface area (Å²) in [6, 6.07) is 24.7. The molecule has 0 N–H and O–H groups in total. The summed E-state index contributed by atoms with van der Waals surface area (Å²) in [4.78, 5) is 4.59. The van der Waals surface area contributed by atoms with Crippen LogP contribution in [-0.4, -0.2) is 4.98 Å². The molecule has 5 aromatic rings. The molecule has 3 heteroatoms. The molecule has 32 heavy (non-hydrogen) atoms. The van der Waals surface area contributed by atoms with E-state index >= 15 is 0 Å². The van der Waals surface area contributed by atoms with Gasteiger partial charge in [0.2, 0.25) is 0 Å². The van der Waals surface area contributed by atoms with Crippen molar-refractivity contribution in [3.63, 3.8) is 0 Å². The predicted molar refractivity (Wildman–Crippen MR) is 129 cm³/mol. The standard InChI is InChI=1S/C29H26NO.Ir/c1-18(2)15-21-13-14-30-26(16-21)22-11-12-23-24-9-6-10-25(29(24)31-27(23)17-22)28-19(3)7-5-8-20(28)4;/h5-10,12-14,16-18H,15H2,1-4H3;/q-1;. The fraction of sp³-hybridized carbons (Fsp3) is 0.207. The molecule has 3 aromatic carbocycles. The van der Waals surface area contributed by atoms with Crippen LogP contribution in [0.4, 0.5) is 0 Å². The number of hydrogen-bond acceptors (Lipinski definition) is 2. The number of aromatic nitrogens is 1. The molecule has 0 saturated carbocycles. The average molecular weight is 597 g/mol. The first-order chi connectivity index (χ1) is 15.0. The van der Waals surface area contributed by atoms with Gasteiger partial charge in [-0.2, -0.15) is 0 Å². The second kappa shape index (κ2) is 9.02. The molecule has 1 radical (unpaired) electrons. The van der Waals surface area contributed by atoms with Gasteiger partial charge < -0.3 is 9.40 Å². The van der Waals surface area contributed by atoms with Gasteiger partial charge in [0.05, 0.1) is 5.58 Å². The SMILES string of the molecule is Cc1cccc(C)c1-c1cccc2c1oc1cc(-c3cc(CC(C)C)ccn3)[c-]cc12.[Ir]. The van der Waals surface area contributed by atoms with Gasteiger partial charge in [-0.25, -0.2) is 0 Å². The maximum absolute atomic E-state index is 6.46. The second-order valence-electron chi connectivity index (χ2n) is 8.82. The van der Waals surface area contributed by atoms with Crippen LogP contribution in [0.2, 0.25) is 0 Å². The van der Waals surface area contributed by atoms with Gasteiger partial charge in [-0.15, -0.1) is 17.7 Å². The van der Waals surface area contributed by atoms with Gasteiger partial charge in [0.15, 0.2) is 0 Å². The van der Waals surface area contributed by atoms with Crippen LogP contribution in [0.1, 0.15) is 30.5 Å². The van der Waals surface area contributed by atoms with Crippen molar-refractivity contribution in [2.75, 3.05) is 0 Å². The third kappa shape index (κ3) is 4.03. The van der Waals surface area contributed by atoms with Crippen LogP contribution < -0.4 is 0 Å². The molecular formula is C29H26IrNO-. The number of nitrogens with zero attached hydrogens (tertiary/aromatic N) is 1. The summed E-state index contributed by atoms with van der Waals surface area (Å²) < 4.78 is 6.46. The molecule has 2 nitrogen and oxygen atoms in total. The van der Waals surface area contributed by atoms with E-state index < -0.39 is 0 Å². The van der Waals surface area contributed by atoms with Crippen molar-refractivity contribution < 1.29 is 24.5 Å². The minimum Gasteiger partial charge on any atom is -0.476 e. The molecule has 5 rings (SSSR count). The number of rotatable bonds is 4. The Bertz CT molecular complexity index is 1390. The van der Waals surface area contributed by atoms with Gasteiger partial charge in [-0.1, -0.05) is 73.3 Å². The molecular weight excluding hydrogens is 571 g/mol. The molecule has 0 fully saturated rings. The Morgan fingerprint density at radius 1 is 0.938 bits per heavy atom. The van der Waals surface area contributed by atoms with E-state index in [1.165, 1.54) is 22.3 Å². The molecule has 0 atom stereocenters. The first-order valence-corrected chi connectivity index (χ1v) is 10.9. The van der Waals surface area contributed by atoms with Gasteiger partial charge in [-0.05, 0) is 60.0 Å². The first kappa shape index (κ1) is 22.5. The smallest absolute Gasteiger partial charge is 0.131 e. The summed E-state index contributed by atoms with van der Waals surface area (Å²) in [5, 5.41) is 2.21. The fourth-order valence-corrected chi connectivity index (χ4v) is 4.54. The fourth-order valence-electron chi connectivity index (χ4n) is 4.54. The zero-order valence-corrected chi connectivity index (χ0v) is 21.2. The van der Waals surface area contributed by atoms with Gasteiger partial charge in [0.1, 0.15) is 5.58 Å². The number of pyridine rings is 1. The topological polar surface area (TPSA) is 26.0 Å². The Morgan fingerprint density at radius 2 is 1.69 bits per heavy atom. The minimum atomic E-state index is 0. The number of hydrogen-bond donors (Lipinski definition) is 0. The zero-order chi connectivity index (χ0) is 21.5. The van der Waals surface area contributed by atoms with Crippen molar-refractivity contribution >= 4 is 21.9 Å².